The first-order valence-electron chi connectivity index (χ1n) is 9.57. The van der Waals surface area contributed by atoms with Crippen LogP contribution in [0.25, 0.3) is 0 Å². The van der Waals surface area contributed by atoms with E-state index in [0.717, 1.165) is 0 Å². The van der Waals surface area contributed by atoms with E-state index in [0.29, 0.717) is 0 Å². The molecule has 0 radical (unpaired) electrons. The van der Waals surface area contributed by atoms with Crippen LogP contribution < -0.4 is 21.7 Å². The summed E-state index contributed by atoms with van der Waals surface area (Å²) in [6, 6.07) is -5.26. The quantitative estimate of drug-likeness (QED) is 0.159. The molecule has 8 N–H and O–H groups in total. The fourth-order valence-electron chi connectivity index (χ4n) is 2.44. The van der Waals surface area contributed by atoms with Gasteiger partial charge in [-0.05, 0) is 25.7 Å². The average molecular weight is 446 g/mol. The maximum absolute atomic E-state index is 12.4. The van der Waals surface area contributed by atoms with Gasteiger partial charge in [0.15, 0.2) is 0 Å². The van der Waals surface area contributed by atoms with Crippen molar-refractivity contribution in [3.63, 3.8) is 0 Å². The zero-order chi connectivity index (χ0) is 24.3. The Labute approximate surface area is 178 Å². The summed E-state index contributed by atoms with van der Waals surface area (Å²) in [6.07, 6.45) is -1.28. The third kappa shape index (κ3) is 11.5. The van der Waals surface area contributed by atoms with E-state index in [9.17, 15) is 33.9 Å². The van der Waals surface area contributed by atoms with Gasteiger partial charge in [0.25, 0.3) is 0 Å². The fourth-order valence-corrected chi connectivity index (χ4v) is 2.44. The molecule has 4 unspecified atom stereocenters. The van der Waals surface area contributed by atoms with Crippen molar-refractivity contribution in [2.75, 3.05) is 0 Å². The number of carboxylic acids is 3. The Balaban J connectivity index is 5.07. The van der Waals surface area contributed by atoms with E-state index in [1.807, 2.05) is 0 Å². The third-order valence-corrected chi connectivity index (χ3v) is 4.09. The van der Waals surface area contributed by atoms with E-state index in [4.69, 9.17) is 15.9 Å². The first-order chi connectivity index (χ1) is 14.2. The number of carbonyl (C=O) groups is 6. The van der Waals surface area contributed by atoms with Crippen LogP contribution in [0.5, 0.6) is 0 Å². The number of hydrogen-bond acceptors (Lipinski definition) is 7. The van der Waals surface area contributed by atoms with Gasteiger partial charge in [-0.2, -0.15) is 0 Å². The Bertz CT molecular complexity index is 696. The number of nitrogens with two attached hydrogens (primary N) is 1. The van der Waals surface area contributed by atoms with Crippen LogP contribution in [0.4, 0.5) is 0 Å². The Kier molecular flexibility index (Phi) is 11.8. The molecule has 0 bridgehead atoms. The van der Waals surface area contributed by atoms with Gasteiger partial charge in [-0.3, -0.25) is 24.0 Å². The van der Waals surface area contributed by atoms with Gasteiger partial charge in [-0.15, -0.1) is 0 Å². The number of nitrogens with one attached hydrogen (secondary N) is 3. The Morgan fingerprint density at radius 2 is 1.32 bits per heavy atom. The molecule has 4 atom stereocenters. The molecule has 0 saturated heterocycles. The largest absolute Gasteiger partial charge is 0.481 e. The van der Waals surface area contributed by atoms with Gasteiger partial charge in [0.1, 0.15) is 18.1 Å². The van der Waals surface area contributed by atoms with Gasteiger partial charge in [0.05, 0.1) is 12.5 Å². The lowest BCUT2D eigenvalue weighted by molar-refractivity contribution is -0.143. The molecular formula is C18H30N4O9. The normalized spacial score (nSPS) is 14.6. The summed E-state index contributed by atoms with van der Waals surface area (Å²) in [6.45, 7) is 4.81. The lowest BCUT2D eigenvalue weighted by Crippen LogP contribution is -2.56. The Hall–Kier alpha value is -3.22. The topological polar surface area (TPSA) is 225 Å². The minimum atomic E-state index is -1.58. The third-order valence-electron chi connectivity index (χ3n) is 4.09. The molecule has 31 heavy (non-hydrogen) atoms. The van der Waals surface area contributed by atoms with E-state index in [1.54, 1.807) is 13.8 Å². The molecule has 0 heterocycles. The van der Waals surface area contributed by atoms with Crippen LogP contribution in [0, 0.1) is 5.92 Å². The molecule has 0 aliphatic heterocycles. The molecular weight excluding hydrogens is 416 g/mol. The number of aliphatic carboxylic acids is 3. The lowest BCUT2D eigenvalue weighted by atomic mass is 10.0. The number of carbonyl (C=O) groups excluding carboxylic acids is 3. The van der Waals surface area contributed by atoms with Crippen molar-refractivity contribution in [3.8, 4) is 0 Å². The average Bonchev–Trinajstić information content (AvgIpc) is 2.63. The summed E-state index contributed by atoms with van der Waals surface area (Å²) < 4.78 is 0. The fraction of sp³-hybridized carbons (Fsp3) is 0.667. The molecule has 0 aromatic heterocycles. The number of amides is 3. The minimum absolute atomic E-state index is 0.0215. The van der Waals surface area contributed by atoms with Crippen LogP contribution in [-0.4, -0.2) is 75.1 Å². The SMILES string of the molecule is CC(C)CC(NC(=O)C(C)NC(=O)C(CC(=O)O)NC(=O)C(N)CCC(=O)O)C(=O)O. The van der Waals surface area contributed by atoms with Crippen molar-refractivity contribution in [3.05, 3.63) is 0 Å². The summed E-state index contributed by atoms with van der Waals surface area (Å²) in [5.74, 6) is -6.60. The van der Waals surface area contributed by atoms with Crippen LogP contribution in [0.2, 0.25) is 0 Å². The van der Waals surface area contributed by atoms with Gasteiger partial charge in [0, 0.05) is 6.42 Å². The van der Waals surface area contributed by atoms with Crippen LogP contribution in [0.15, 0.2) is 0 Å². The van der Waals surface area contributed by atoms with Gasteiger partial charge in [0.2, 0.25) is 17.7 Å². The maximum Gasteiger partial charge on any atom is 0.326 e. The number of carboxylic acid groups (broad SMARTS) is 3. The summed E-state index contributed by atoms with van der Waals surface area (Å²) in [7, 11) is 0. The molecule has 0 fully saturated rings. The van der Waals surface area contributed by atoms with Crippen molar-refractivity contribution >= 4 is 35.6 Å². The Morgan fingerprint density at radius 3 is 1.77 bits per heavy atom. The molecule has 13 nitrogen and oxygen atoms in total. The molecule has 0 saturated carbocycles. The summed E-state index contributed by atoms with van der Waals surface area (Å²) in [4.78, 5) is 69.5. The van der Waals surface area contributed by atoms with E-state index >= 15 is 0 Å². The van der Waals surface area contributed by atoms with E-state index in [-0.39, 0.29) is 18.8 Å². The first kappa shape index (κ1) is 27.8. The smallest absolute Gasteiger partial charge is 0.326 e. The van der Waals surface area contributed by atoms with E-state index in [1.165, 1.54) is 6.92 Å². The molecule has 0 aliphatic rings. The highest BCUT2D eigenvalue weighted by Gasteiger charge is 2.30. The van der Waals surface area contributed by atoms with E-state index < -0.39 is 72.6 Å². The van der Waals surface area contributed by atoms with Crippen LogP contribution in [0.1, 0.15) is 46.5 Å². The van der Waals surface area contributed by atoms with E-state index in [2.05, 4.69) is 16.0 Å². The second-order valence-corrected chi connectivity index (χ2v) is 7.46. The van der Waals surface area contributed by atoms with Crippen molar-refractivity contribution in [1.82, 2.24) is 16.0 Å². The lowest BCUT2D eigenvalue weighted by Gasteiger charge is -2.23. The zero-order valence-corrected chi connectivity index (χ0v) is 17.6. The van der Waals surface area contributed by atoms with Crippen LogP contribution in [0.3, 0.4) is 0 Å². The molecule has 0 aliphatic carbocycles. The monoisotopic (exact) mass is 446 g/mol. The highest BCUT2D eigenvalue weighted by molar-refractivity contribution is 5.95. The standard InChI is InChI=1S/C18H30N4O9/c1-8(2)6-12(18(30)31)22-15(27)9(3)20-17(29)11(7-14(25)26)21-16(28)10(19)4-5-13(23)24/h8-12H,4-7,19H2,1-3H3,(H,20,29)(H,21,28)(H,22,27)(H,23,24)(H,25,26)(H,30,31). The summed E-state index contributed by atoms with van der Waals surface area (Å²) in [5, 5.41) is 33.4. The maximum atomic E-state index is 12.4. The second-order valence-electron chi connectivity index (χ2n) is 7.46. The summed E-state index contributed by atoms with van der Waals surface area (Å²) >= 11 is 0. The summed E-state index contributed by atoms with van der Waals surface area (Å²) in [5.41, 5.74) is 5.54. The molecule has 0 rings (SSSR count). The highest BCUT2D eigenvalue weighted by atomic mass is 16.4. The van der Waals surface area contributed by atoms with Crippen molar-refractivity contribution < 1.29 is 44.1 Å². The predicted molar refractivity (Wildman–Crippen MR) is 106 cm³/mol. The predicted octanol–water partition coefficient (Wildman–Crippen LogP) is -1.74. The van der Waals surface area contributed by atoms with Crippen molar-refractivity contribution in [2.45, 2.75) is 70.6 Å². The zero-order valence-electron chi connectivity index (χ0n) is 17.6. The molecule has 13 heteroatoms. The number of rotatable bonds is 14. The van der Waals surface area contributed by atoms with Gasteiger partial charge in [-0.25, -0.2) is 4.79 Å². The van der Waals surface area contributed by atoms with Gasteiger partial charge in [-0.1, -0.05) is 13.8 Å². The molecule has 0 aromatic carbocycles. The molecule has 176 valence electrons. The molecule has 3 amide bonds. The molecule has 0 spiro atoms. The van der Waals surface area contributed by atoms with Crippen LogP contribution >= 0.6 is 0 Å². The van der Waals surface area contributed by atoms with Gasteiger partial charge >= 0.3 is 17.9 Å². The van der Waals surface area contributed by atoms with Crippen molar-refractivity contribution in [2.24, 2.45) is 11.7 Å². The minimum Gasteiger partial charge on any atom is -0.481 e. The first-order valence-corrected chi connectivity index (χ1v) is 9.57. The Morgan fingerprint density at radius 1 is 0.774 bits per heavy atom. The van der Waals surface area contributed by atoms with Crippen LogP contribution in [-0.2, 0) is 28.8 Å². The molecule has 0 aromatic rings. The van der Waals surface area contributed by atoms with Crippen molar-refractivity contribution in [1.29, 1.82) is 0 Å². The second kappa shape index (κ2) is 13.2. The number of hydrogen-bond donors (Lipinski definition) is 7. The highest BCUT2D eigenvalue weighted by Crippen LogP contribution is 2.05. The van der Waals surface area contributed by atoms with Gasteiger partial charge < -0.3 is 37.0 Å².